The van der Waals surface area contributed by atoms with Gasteiger partial charge in [-0.2, -0.15) is 0 Å². The van der Waals surface area contributed by atoms with Gasteiger partial charge in [-0.25, -0.2) is 4.98 Å². The molecule has 0 aliphatic carbocycles. The molecule has 0 spiro atoms. The van der Waals surface area contributed by atoms with Crippen LogP contribution in [-0.2, 0) is 0 Å². The van der Waals surface area contributed by atoms with Crippen molar-refractivity contribution in [1.82, 2.24) is 4.98 Å². The molecule has 4 heteroatoms. The molecule has 1 aromatic heterocycles. The zero-order valence-corrected chi connectivity index (χ0v) is 8.84. The first-order valence-electron chi connectivity index (χ1n) is 4.92. The molecule has 1 N–H and O–H groups in total. The van der Waals surface area contributed by atoms with Crippen LogP contribution >= 0.6 is 0 Å². The Morgan fingerprint density at radius 1 is 1.12 bits per heavy atom. The molecule has 2 aromatic rings. The number of hydrogen-bond acceptors (Lipinski definition) is 4. The molecule has 1 heterocycles. The van der Waals surface area contributed by atoms with Crippen molar-refractivity contribution in [2.75, 3.05) is 5.32 Å². The summed E-state index contributed by atoms with van der Waals surface area (Å²) in [6.07, 6.45) is 0. The van der Waals surface area contributed by atoms with Gasteiger partial charge in [0.2, 0.25) is 0 Å². The molecule has 0 fully saturated rings. The lowest BCUT2D eigenvalue weighted by Crippen LogP contribution is -1.93. The van der Waals surface area contributed by atoms with E-state index in [4.69, 9.17) is 0 Å². The number of nitrogens with zero attached hydrogens (tertiary/aromatic N) is 2. The van der Waals surface area contributed by atoms with Gasteiger partial charge in [-0.1, -0.05) is 6.07 Å². The van der Waals surface area contributed by atoms with Gasteiger partial charge in [0.1, 0.15) is 11.5 Å². The van der Waals surface area contributed by atoms with Crippen LogP contribution in [0.5, 0.6) is 0 Å². The van der Waals surface area contributed by atoms with Gasteiger partial charge in [0, 0.05) is 11.4 Å². The Labute approximate surface area is 93.3 Å². The molecule has 1 aromatic carbocycles. The summed E-state index contributed by atoms with van der Waals surface area (Å²) in [5.41, 5.74) is 2.25. The maximum Gasteiger partial charge on any atom is 0.130 e. The number of rotatable bonds is 3. The topological polar surface area (TPSA) is 54.4 Å². The van der Waals surface area contributed by atoms with Gasteiger partial charge in [0.15, 0.2) is 0 Å². The largest absolute Gasteiger partial charge is 0.340 e. The van der Waals surface area contributed by atoms with Crippen molar-refractivity contribution in [3.05, 3.63) is 53.1 Å². The number of aromatic nitrogens is 1. The Kier molecular flexibility index (Phi) is 2.91. The fourth-order valence-electron chi connectivity index (χ4n) is 1.37. The summed E-state index contributed by atoms with van der Waals surface area (Å²) in [5.74, 6) is 0.784. The van der Waals surface area contributed by atoms with E-state index in [1.54, 1.807) is 24.3 Å². The van der Waals surface area contributed by atoms with Crippen molar-refractivity contribution < 1.29 is 0 Å². The molecule has 0 saturated carbocycles. The third-order valence-corrected chi connectivity index (χ3v) is 2.13. The van der Waals surface area contributed by atoms with Crippen LogP contribution in [0, 0.1) is 11.8 Å². The average molecular weight is 213 g/mol. The summed E-state index contributed by atoms with van der Waals surface area (Å²) < 4.78 is 0. The van der Waals surface area contributed by atoms with Crippen molar-refractivity contribution >= 4 is 17.2 Å². The first-order valence-corrected chi connectivity index (χ1v) is 4.92. The number of aryl methyl sites for hydroxylation is 1. The molecular weight excluding hydrogens is 202 g/mol. The number of benzene rings is 1. The highest BCUT2D eigenvalue weighted by atomic mass is 16.3. The molecule has 0 amide bonds. The number of hydrogen-bond donors (Lipinski definition) is 1. The highest BCUT2D eigenvalue weighted by Gasteiger charge is 1.96. The second-order valence-electron chi connectivity index (χ2n) is 3.43. The van der Waals surface area contributed by atoms with Crippen LogP contribution in [-0.4, -0.2) is 4.98 Å². The molecule has 16 heavy (non-hydrogen) atoms. The van der Waals surface area contributed by atoms with Crippen molar-refractivity contribution in [1.29, 1.82) is 0 Å². The van der Waals surface area contributed by atoms with Gasteiger partial charge in [-0.15, -0.1) is 4.91 Å². The molecule has 0 saturated heterocycles. The van der Waals surface area contributed by atoms with Crippen LogP contribution in [0.3, 0.4) is 0 Å². The van der Waals surface area contributed by atoms with Crippen molar-refractivity contribution in [3.8, 4) is 0 Å². The maximum atomic E-state index is 10.2. The molecule has 0 atom stereocenters. The number of pyridine rings is 1. The summed E-state index contributed by atoms with van der Waals surface area (Å²) in [5, 5.41) is 5.98. The number of nitroso groups, excluding NO2 is 1. The monoisotopic (exact) mass is 213 g/mol. The van der Waals surface area contributed by atoms with Crippen LogP contribution in [0.1, 0.15) is 5.69 Å². The first kappa shape index (κ1) is 10.3. The van der Waals surface area contributed by atoms with Gasteiger partial charge < -0.3 is 5.32 Å². The predicted molar refractivity (Wildman–Crippen MR) is 64.2 cm³/mol. The quantitative estimate of drug-likeness (QED) is 0.793. The zero-order chi connectivity index (χ0) is 11.4. The van der Waals surface area contributed by atoms with Crippen LogP contribution in [0.15, 0.2) is 47.6 Å². The van der Waals surface area contributed by atoms with Gasteiger partial charge in [-0.3, -0.25) is 0 Å². The van der Waals surface area contributed by atoms with E-state index in [1.807, 2.05) is 25.1 Å². The highest BCUT2D eigenvalue weighted by molar-refractivity contribution is 5.58. The summed E-state index contributed by atoms with van der Waals surface area (Å²) in [4.78, 5) is 14.6. The Morgan fingerprint density at radius 2 is 1.88 bits per heavy atom. The minimum atomic E-state index is 0.419. The summed E-state index contributed by atoms with van der Waals surface area (Å²) in [6.45, 7) is 1.94. The third kappa shape index (κ3) is 2.42. The van der Waals surface area contributed by atoms with E-state index < -0.39 is 0 Å². The predicted octanol–water partition coefficient (Wildman–Crippen LogP) is 3.53. The van der Waals surface area contributed by atoms with E-state index >= 15 is 0 Å². The molecule has 0 bridgehead atoms. The van der Waals surface area contributed by atoms with E-state index in [2.05, 4.69) is 15.5 Å². The minimum Gasteiger partial charge on any atom is -0.340 e. The molecule has 0 radical (unpaired) electrons. The van der Waals surface area contributed by atoms with E-state index in [9.17, 15) is 4.91 Å². The highest BCUT2D eigenvalue weighted by Crippen LogP contribution is 2.18. The van der Waals surface area contributed by atoms with E-state index in [0.29, 0.717) is 5.69 Å². The molecule has 0 aliphatic rings. The SMILES string of the molecule is Cc1cccc(Nc2ccc(N=O)cc2)n1. The first-order chi connectivity index (χ1) is 7.78. The van der Waals surface area contributed by atoms with Gasteiger partial charge in [0.05, 0.1) is 0 Å². The molecule has 0 aliphatic heterocycles. The number of anilines is 2. The number of nitrogens with one attached hydrogen (secondary N) is 1. The standard InChI is InChI=1S/C12H11N3O/c1-9-3-2-4-12(13-9)14-10-5-7-11(15-16)8-6-10/h2-8H,1H3,(H,13,14). The Bertz CT molecular complexity index is 494. The van der Waals surface area contributed by atoms with E-state index in [1.165, 1.54) is 0 Å². The van der Waals surface area contributed by atoms with Crippen LogP contribution in [0.4, 0.5) is 17.2 Å². The summed E-state index contributed by atoms with van der Waals surface area (Å²) in [7, 11) is 0. The lowest BCUT2D eigenvalue weighted by atomic mass is 10.3. The Hall–Kier alpha value is -2.23. The minimum absolute atomic E-state index is 0.419. The fraction of sp³-hybridized carbons (Fsp3) is 0.0833. The second kappa shape index (κ2) is 4.53. The van der Waals surface area contributed by atoms with Crippen molar-refractivity contribution in [3.63, 3.8) is 0 Å². The zero-order valence-electron chi connectivity index (χ0n) is 8.84. The van der Waals surface area contributed by atoms with Crippen LogP contribution in [0.2, 0.25) is 0 Å². The Balaban J connectivity index is 2.17. The molecule has 80 valence electrons. The van der Waals surface area contributed by atoms with E-state index in [0.717, 1.165) is 17.2 Å². The summed E-state index contributed by atoms with van der Waals surface area (Å²) >= 11 is 0. The van der Waals surface area contributed by atoms with Crippen molar-refractivity contribution in [2.45, 2.75) is 6.92 Å². The van der Waals surface area contributed by atoms with Crippen LogP contribution in [0.25, 0.3) is 0 Å². The third-order valence-electron chi connectivity index (χ3n) is 2.13. The van der Waals surface area contributed by atoms with Gasteiger partial charge >= 0.3 is 0 Å². The second-order valence-corrected chi connectivity index (χ2v) is 3.43. The molecular formula is C12H11N3O. The van der Waals surface area contributed by atoms with E-state index in [-0.39, 0.29) is 0 Å². The average Bonchev–Trinajstić information content (AvgIpc) is 2.30. The molecule has 0 unspecified atom stereocenters. The fourth-order valence-corrected chi connectivity index (χ4v) is 1.37. The summed E-state index contributed by atoms with van der Waals surface area (Å²) in [6, 6.07) is 12.7. The smallest absolute Gasteiger partial charge is 0.130 e. The normalized spacial score (nSPS) is 9.81. The molecule has 4 nitrogen and oxygen atoms in total. The lowest BCUT2D eigenvalue weighted by Gasteiger charge is -2.05. The van der Waals surface area contributed by atoms with Gasteiger partial charge in [0.25, 0.3) is 0 Å². The van der Waals surface area contributed by atoms with Crippen LogP contribution < -0.4 is 5.32 Å². The lowest BCUT2D eigenvalue weighted by molar-refractivity contribution is 1.20. The molecule has 2 rings (SSSR count). The van der Waals surface area contributed by atoms with Gasteiger partial charge in [-0.05, 0) is 48.5 Å². The Morgan fingerprint density at radius 3 is 2.50 bits per heavy atom. The maximum absolute atomic E-state index is 10.2. The van der Waals surface area contributed by atoms with Crippen molar-refractivity contribution in [2.24, 2.45) is 5.18 Å².